The second kappa shape index (κ2) is 5.69. The molecule has 0 aliphatic carbocycles. The number of ether oxygens (including phenoxy) is 1. The minimum Gasteiger partial charge on any atom is -0.492 e. The largest absolute Gasteiger partial charge is 0.492 e. The Kier molecular flexibility index (Phi) is 3.76. The van der Waals surface area contributed by atoms with E-state index in [0.29, 0.717) is 41.3 Å². The molecular formula is C16H14O3S. The lowest BCUT2D eigenvalue weighted by Gasteiger charge is -2.24. The molecule has 1 unspecified atom stereocenters. The van der Waals surface area contributed by atoms with Crippen molar-refractivity contribution in [2.75, 3.05) is 6.61 Å². The van der Waals surface area contributed by atoms with Gasteiger partial charge in [0, 0.05) is 16.9 Å². The Hall–Kier alpha value is -1.78. The van der Waals surface area contributed by atoms with E-state index < -0.39 is 0 Å². The van der Waals surface area contributed by atoms with Crippen LogP contribution in [0.1, 0.15) is 15.9 Å². The molecule has 3 rings (SSSR count). The van der Waals surface area contributed by atoms with Gasteiger partial charge in [-0.2, -0.15) is 0 Å². The Balaban J connectivity index is 1.85. The van der Waals surface area contributed by atoms with Crippen LogP contribution in [0.15, 0.2) is 53.4 Å². The van der Waals surface area contributed by atoms with Crippen LogP contribution in [0.3, 0.4) is 0 Å². The van der Waals surface area contributed by atoms with Crippen LogP contribution in [0, 0.1) is 5.92 Å². The van der Waals surface area contributed by atoms with E-state index >= 15 is 0 Å². The third-order valence-electron chi connectivity index (χ3n) is 3.46. The van der Waals surface area contributed by atoms with Gasteiger partial charge in [-0.25, -0.2) is 0 Å². The van der Waals surface area contributed by atoms with Crippen molar-refractivity contribution in [3.05, 3.63) is 59.7 Å². The molecule has 20 heavy (non-hydrogen) atoms. The zero-order valence-corrected chi connectivity index (χ0v) is 11.6. The molecule has 1 aliphatic rings. The first-order chi connectivity index (χ1) is 9.78. The molecule has 102 valence electrons. The molecule has 0 fully saturated rings. The topological polar surface area (TPSA) is 46.5 Å². The maximum Gasteiger partial charge on any atom is 0.173 e. The summed E-state index contributed by atoms with van der Waals surface area (Å²) in [4.78, 5) is 13.2. The van der Waals surface area contributed by atoms with Crippen LogP contribution in [0.2, 0.25) is 0 Å². The van der Waals surface area contributed by atoms with E-state index in [2.05, 4.69) is 0 Å². The summed E-state index contributed by atoms with van der Waals surface area (Å²) in [5, 5.41) is 0. The lowest BCUT2D eigenvalue weighted by atomic mass is 9.90. The summed E-state index contributed by atoms with van der Waals surface area (Å²) in [6, 6.07) is 15.1. The average Bonchev–Trinajstić information content (AvgIpc) is 2.51. The minimum atomic E-state index is -0.163. The number of hydrogen-bond acceptors (Lipinski definition) is 4. The Labute approximate surface area is 121 Å². The number of carbonyl (C=O) groups excluding carboxylic acids is 1. The smallest absolute Gasteiger partial charge is 0.173 e. The van der Waals surface area contributed by atoms with Crippen LogP contribution in [0.5, 0.6) is 5.75 Å². The number of ketones is 1. The van der Waals surface area contributed by atoms with Crippen LogP contribution < -0.4 is 4.74 Å². The van der Waals surface area contributed by atoms with Crippen LogP contribution in [-0.4, -0.2) is 16.9 Å². The maximum absolute atomic E-state index is 12.5. The van der Waals surface area contributed by atoms with Crippen molar-refractivity contribution < 1.29 is 14.1 Å². The monoisotopic (exact) mass is 286 g/mol. The number of carbonyl (C=O) groups is 1. The van der Waals surface area contributed by atoms with E-state index in [-0.39, 0.29) is 11.7 Å². The van der Waals surface area contributed by atoms with Crippen molar-refractivity contribution in [3.63, 3.8) is 0 Å². The van der Waals surface area contributed by atoms with Gasteiger partial charge in [0.1, 0.15) is 5.75 Å². The highest BCUT2D eigenvalue weighted by molar-refractivity contribution is 7.93. The fraction of sp³-hybridized carbons (Fsp3) is 0.188. The molecule has 0 aromatic heterocycles. The molecular weight excluding hydrogens is 272 g/mol. The molecule has 1 N–H and O–H groups in total. The first kappa shape index (κ1) is 13.2. The van der Waals surface area contributed by atoms with Gasteiger partial charge in [0.25, 0.3) is 0 Å². The fourth-order valence-electron chi connectivity index (χ4n) is 2.42. The van der Waals surface area contributed by atoms with Crippen LogP contribution >= 0.6 is 12.0 Å². The first-order valence-electron chi connectivity index (χ1n) is 6.44. The third kappa shape index (κ3) is 2.57. The summed E-state index contributed by atoms with van der Waals surface area (Å²) in [6.45, 7) is 0.409. The van der Waals surface area contributed by atoms with E-state index in [1.165, 1.54) is 0 Å². The van der Waals surface area contributed by atoms with Crippen molar-refractivity contribution in [2.45, 2.75) is 11.3 Å². The average molecular weight is 286 g/mol. The van der Waals surface area contributed by atoms with E-state index in [0.717, 1.165) is 5.56 Å². The SMILES string of the molecule is O=C1c2cc(SO)ccc2OCC1Cc1ccccc1. The third-order valence-corrected chi connectivity index (χ3v) is 3.92. The molecule has 3 nitrogen and oxygen atoms in total. The normalized spacial score (nSPS) is 17.4. The molecule has 0 spiro atoms. The highest BCUT2D eigenvalue weighted by Gasteiger charge is 2.29. The van der Waals surface area contributed by atoms with Crippen molar-refractivity contribution in [3.8, 4) is 5.75 Å². The number of fused-ring (bicyclic) bond motifs is 1. The van der Waals surface area contributed by atoms with Gasteiger partial charge in [-0.15, -0.1) is 0 Å². The summed E-state index contributed by atoms with van der Waals surface area (Å²) in [7, 11) is 0. The quantitative estimate of drug-likeness (QED) is 0.874. The number of rotatable bonds is 3. The molecule has 0 radical (unpaired) electrons. The van der Waals surface area contributed by atoms with Gasteiger partial charge in [0.05, 0.1) is 18.1 Å². The van der Waals surface area contributed by atoms with Crippen LogP contribution in [-0.2, 0) is 6.42 Å². The summed E-state index contributed by atoms with van der Waals surface area (Å²) >= 11 is 0.641. The summed E-state index contributed by atoms with van der Waals surface area (Å²) in [5.74, 6) is 0.534. The highest BCUT2D eigenvalue weighted by atomic mass is 32.2. The molecule has 0 saturated carbocycles. The second-order valence-corrected chi connectivity index (χ2v) is 5.47. The summed E-state index contributed by atoms with van der Waals surface area (Å²) < 4.78 is 14.8. The van der Waals surface area contributed by atoms with Gasteiger partial charge in [-0.1, -0.05) is 30.3 Å². The fourth-order valence-corrected chi connectivity index (χ4v) is 2.72. The molecule has 2 aromatic rings. The standard InChI is InChI=1S/C16H14O3S/c17-16-12(8-11-4-2-1-3-5-11)10-19-15-7-6-13(20-18)9-14(15)16/h1-7,9,12,18H,8,10H2. The highest BCUT2D eigenvalue weighted by Crippen LogP contribution is 2.31. The van der Waals surface area contributed by atoms with Crippen molar-refractivity contribution in [1.29, 1.82) is 0 Å². The van der Waals surface area contributed by atoms with E-state index in [1.807, 2.05) is 30.3 Å². The van der Waals surface area contributed by atoms with Gasteiger partial charge in [0.15, 0.2) is 5.78 Å². The first-order valence-corrected chi connectivity index (χ1v) is 7.21. The second-order valence-electron chi connectivity index (χ2n) is 4.81. The lowest BCUT2D eigenvalue weighted by molar-refractivity contribution is 0.0830. The Bertz CT molecular complexity index is 625. The molecule has 1 aliphatic heterocycles. The van der Waals surface area contributed by atoms with E-state index in [9.17, 15) is 4.79 Å². The van der Waals surface area contributed by atoms with Crippen LogP contribution in [0.4, 0.5) is 0 Å². The summed E-state index contributed by atoms with van der Waals surface area (Å²) in [5.41, 5.74) is 1.70. The van der Waals surface area contributed by atoms with Gasteiger partial charge in [-0.05, 0) is 30.2 Å². The molecule has 0 amide bonds. The molecule has 4 heteroatoms. The summed E-state index contributed by atoms with van der Waals surface area (Å²) in [6.07, 6.45) is 0.676. The Morgan fingerprint density at radius 1 is 1.20 bits per heavy atom. The lowest BCUT2D eigenvalue weighted by Crippen LogP contribution is -2.29. The molecule has 0 bridgehead atoms. The van der Waals surface area contributed by atoms with Gasteiger partial charge in [0.2, 0.25) is 0 Å². The molecule has 1 heterocycles. The molecule has 2 aromatic carbocycles. The van der Waals surface area contributed by atoms with Crippen molar-refractivity contribution in [1.82, 2.24) is 0 Å². The van der Waals surface area contributed by atoms with Crippen molar-refractivity contribution in [2.24, 2.45) is 5.92 Å². The van der Waals surface area contributed by atoms with Gasteiger partial charge >= 0.3 is 0 Å². The predicted octanol–water partition coefficient (Wildman–Crippen LogP) is 3.69. The molecule has 0 saturated heterocycles. The van der Waals surface area contributed by atoms with E-state index in [1.54, 1.807) is 18.2 Å². The predicted molar refractivity (Wildman–Crippen MR) is 78.4 cm³/mol. The number of Topliss-reactive ketones (excluding diaryl/α,β-unsaturated/α-hetero) is 1. The minimum absolute atomic E-state index is 0.0889. The zero-order chi connectivity index (χ0) is 13.9. The molecule has 1 atom stereocenters. The van der Waals surface area contributed by atoms with Crippen molar-refractivity contribution >= 4 is 17.8 Å². The van der Waals surface area contributed by atoms with Crippen LogP contribution in [0.25, 0.3) is 0 Å². The van der Waals surface area contributed by atoms with Gasteiger partial charge < -0.3 is 9.29 Å². The zero-order valence-electron chi connectivity index (χ0n) is 10.8. The number of benzene rings is 2. The maximum atomic E-state index is 12.5. The Morgan fingerprint density at radius 3 is 2.75 bits per heavy atom. The Morgan fingerprint density at radius 2 is 2.00 bits per heavy atom. The number of hydrogen-bond donors (Lipinski definition) is 1. The van der Waals surface area contributed by atoms with E-state index in [4.69, 9.17) is 9.29 Å². The van der Waals surface area contributed by atoms with Gasteiger partial charge in [-0.3, -0.25) is 4.79 Å².